The van der Waals surface area contributed by atoms with E-state index in [1.165, 1.54) is 3.97 Å². The lowest BCUT2D eigenvalue weighted by Crippen LogP contribution is -2.15. The molecule has 128 valence electrons. The highest BCUT2D eigenvalue weighted by Crippen LogP contribution is 2.20. The van der Waals surface area contributed by atoms with Gasteiger partial charge < -0.3 is 4.74 Å². The third kappa shape index (κ3) is 4.10. The average molecular weight is 457 g/mol. The number of hydrogen-bond acceptors (Lipinski definition) is 3. The maximum atomic E-state index is 13.1. The van der Waals surface area contributed by atoms with Gasteiger partial charge in [0.1, 0.15) is 5.75 Å². The highest BCUT2D eigenvalue weighted by atomic mass is 127. The largest absolute Gasteiger partial charge is 0.497 e. The third-order valence-electron chi connectivity index (χ3n) is 3.62. The van der Waals surface area contributed by atoms with E-state index >= 15 is 0 Å². The average Bonchev–Trinajstić information content (AvgIpc) is 2.60. The molecule has 1 aromatic heterocycles. The van der Waals surface area contributed by atoms with E-state index in [0.717, 1.165) is 14.7 Å². The minimum absolute atomic E-state index is 0.262. The molecule has 0 aliphatic carbocycles. The molecule has 24 heavy (non-hydrogen) atoms. The zero-order valence-electron chi connectivity index (χ0n) is 14.1. The van der Waals surface area contributed by atoms with Crippen LogP contribution in [0.4, 0.5) is 0 Å². The summed E-state index contributed by atoms with van der Waals surface area (Å²) in [5.74, 6) is 0.670. The fourth-order valence-corrected chi connectivity index (χ4v) is 4.14. The van der Waals surface area contributed by atoms with Crippen LogP contribution in [0.3, 0.4) is 0 Å². The van der Waals surface area contributed by atoms with E-state index in [1.54, 1.807) is 56.6 Å². The highest BCUT2D eigenvalue weighted by molar-refractivity contribution is 14.1. The summed E-state index contributed by atoms with van der Waals surface area (Å²) >= 11 is 2.13. The molecule has 0 saturated carbocycles. The van der Waals surface area contributed by atoms with E-state index < -0.39 is 10.0 Å². The van der Waals surface area contributed by atoms with Gasteiger partial charge in [-0.15, -0.1) is 0 Å². The van der Waals surface area contributed by atoms with Gasteiger partial charge in [0.05, 0.1) is 12.0 Å². The number of ether oxygens (including phenoxy) is 1. The normalized spacial score (nSPS) is 11.0. The Morgan fingerprint density at radius 3 is 2.21 bits per heavy atom. The van der Waals surface area contributed by atoms with Crippen LogP contribution in [-0.4, -0.2) is 19.5 Å². The molecule has 1 aromatic carbocycles. The van der Waals surface area contributed by atoms with Crippen molar-refractivity contribution in [1.29, 1.82) is 0 Å². The van der Waals surface area contributed by atoms with Crippen molar-refractivity contribution in [2.75, 3.05) is 7.11 Å². The lowest BCUT2D eigenvalue weighted by molar-refractivity contribution is 0.415. The number of nitrogens with zero attached hydrogens (tertiary/aromatic N) is 1. The van der Waals surface area contributed by atoms with Crippen LogP contribution in [0, 0.1) is 24.3 Å². The monoisotopic (exact) mass is 457 g/mol. The Balaban J connectivity index is 2.80. The van der Waals surface area contributed by atoms with E-state index in [-0.39, 0.29) is 4.90 Å². The SMILES string of the molecule is COc1ccc(C)n(S(=O)(=O)c2ccc(C)cc2)cc(I)c(C)c1. The Morgan fingerprint density at radius 2 is 1.62 bits per heavy atom. The van der Waals surface area contributed by atoms with Crippen molar-refractivity contribution in [3.05, 3.63) is 69.1 Å². The van der Waals surface area contributed by atoms with Crippen molar-refractivity contribution in [2.24, 2.45) is 0 Å². The maximum absolute atomic E-state index is 13.1. The van der Waals surface area contributed by atoms with Crippen molar-refractivity contribution in [3.63, 3.8) is 0 Å². The Bertz CT molecular complexity index is 899. The van der Waals surface area contributed by atoms with Crippen molar-refractivity contribution in [1.82, 2.24) is 3.97 Å². The molecule has 0 fully saturated rings. The van der Waals surface area contributed by atoms with Crippen LogP contribution < -0.4 is 4.74 Å². The standard InChI is InChI=1S/C18H20INO3S/c1-13-5-9-17(10-6-13)24(21,22)20-12-18(19)14(2)11-16(23-4)8-7-15(20)3/h5-12H,1-4H3. The summed E-state index contributed by atoms with van der Waals surface area (Å²) in [4.78, 5) is 0.262. The predicted octanol–water partition coefficient (Wildman–Crippen LogP) is 4.39. The van der Waals surface area contributed by atoms with Gasteiger partial charge in [0.15, 0.2) is 0 Å². The summed E-state index contributed by atoms with van der Waals surface area (Å²) in [6.45, 7) is 5.61. The molecule has 0 spiro atoms. The first-order valence-corrected chi connectivity index (χ1v) is 9.87. The summed E-state index contributed by atoms with van der Waals surface area (Å²) in [6, 6.07) is 12.2. The summed E-state index contributed by atoms with van der Waals surface area (Å²) < 4.78 is 33.6. The zero-order valence-corrected chi connectivity index (χ0v) is 17.1. The fraction of sp³-hybridized carbons (Fsp3) is 0.222. The van der Waals surface area contributed by atoms with Crippen LogP contribution in [0.1, 0.15) is 16.8 Å². The van der Waals surface area contributed by atoms with E-state index in [4.69, 9.17) is 4.74 Å². The first-order chi connectivity index (χ1) is 11.3. The quantitative estimate of drug-likeness (QED) is 0.643. The molecule has 0 atom stereocenters. The second-order valence-electron chi connectivity index (χ2n) is 5.50. The number of methoxy groups -OCH3 is 1. The van der Waals surface area contributed by atoms with E-state index in [9.17, 15) is 8.42 Å². The summed E-state index contributed by atoms with van der Waals surface area (Å²) in [5, 5.41) is 0. The molecule has 2 aromatic rings. The molecule has 4 nitrogen and oxygen atoms in total. The Morgan fingerprint density at radius 1 is 1.00 bits per heavy atom. The molecule has 2 rings (SSSR count). The second kappa shape index (κ2) is 7.57. The van der Waals surface area contributed by atoms with Crippen LogP contribution in [0.2, 0.25) is 0 Å². The lowest BCUT2D eigenvalue weighted by atomic mass is 10.2. The van der Waals surface area contributed by atoms with Gasteiger partial charge in [-0.25, -0.2) is 12.4 Å². The molecule has 0 amide bonds. The zero-order chi connectivity index (χ0) is 17.9. The van der Waals surface area contributed by atoms with Crippen LogP contribution in [0.15, 0.2) is 53.6 Å². The van der Waals surface area contributed by atoms with E-state index in [1.807, 2.05) is 19.9 Å². The van der Waals surface area contributed by atoms with Gasteiger partial charge >= 0.3 is 0 Å². The fourth-order valence-electron chi connectivity index (χ4n) is 2.12. The van der Waals surface area contributed by atoms with Crippen LogP contribution in [-0.2, 0) is 10.0 Å². The highest BCUT2D eigenvalue weighted by Gasteiger charge is 2.17. The van der Waals surface area contributed by atoms with Crippen LogP contribution in [0.5, 0.6) is 5.75 Å². The summed E-state index contributed by atoms with van der Waals surface area (Å²) in [6.07, 6.45) is 1.64. The number of aryl methyl sites for hydroxylation is 3. The number of hydrogen-bond donors (Lipinski definition) is 0. The molecule has 0 saturated heterocycles. The van der Waals surface area contributed by atoms with Crippen molar-refractivity contribution in [3.8, 4) is 5.75 Å². The molecule has 0 aliphatic rings. The smallest absolute Gasteiger partial charge is 0.267 e. The van der Waals surface area contributed by atoms with Gasteiger partial charge in [0.2, 0.25) is 0 Å². The lowest BCUT2D eigenvalue weighted by Gasteiger charge is -2.11. The minimum Gasteiger partial charge on any atom is -0.497 e. The summed E-state index contributed by atoms with van der Waals surface area (Å²) in [7, 11) is -2.09. The molecule has 6 heteroatoms. The van der Waals surface area contributed by atoms with Crippen molar-refractivity contribution >= 4 is 32.6 Å². The van der Waals surface area contributed by atoms with E-state index in [0.29, 0.717) is 11.4 Å². The first-order valence-electron chi connectivity index (χ1n) is 7.35. The first kappa shape index (κ1) is 18.8. The minimum atomic E-state index is -3.68. The second-order valence-corrected chi connectivity index (χ2v) is 8.48. The van der Waals surface area contributed by atoms with Gasteiger partial charge in [-0.2, -0.15) is 0 Å². The number of rotatable bonds is 3. The third-order valence-corrected chi connectivity index (χ3v) is 6.52. The van der Waals surface area contributed by atoms with Crippen molar-refractivity contribution in [2.45, 2.75) is 25.7 Å². The van der Waals surface area contributed by atoms with Gasteiger partial charge in [-0.1, -0.05) is 17.7 Å². The molecule has 0 unspecified atom stereocenters. The van der Waals surface area contributed by atoms with Gasteiger partial charge in [0.25, 0.3) is 10.0 Å². The Labute approximate surface area is 157 Å². The molecular weight excluding hydrogens is 437 g/mol. The number of aromatic nitrogens is 1. The molecule has 0 bridgehead atoms. The topological polar surface area (TPSA) is 48.3 Å². The van der Waals surface area contributed by atoms with Crippen molar-refractivity contribution < 1.29 is 13.2 Å². The van der Waals surface area contributed by atoms with Gasteiger partial charge in [-0.3, -0.25) is 0 Å². The maximum Gasteiger partial charge on any atom is 0.267 e. The van der Waals surface area contributed by atoms with Crippen LogP contribution in [0.25, 0.3) is 0 Å². The molecule has 0 aliphatic heterocycles. The Kier molecular flexibility index (Phi) is 5.92. The predicted molar refractivity (Wildman–Crippen MR) is 105 cm³/mol. The molecule has 0 N–H and O–H groups in total. The molecule has 1 heterocycles. The number of halogens is 1. The molecule has 0 radical (unpaired) electrons. The number of benzene rings is 1. The van der Waals surface area contributed by atoms with E-state index in [2.05, 4.69) is 22.6 Å². The summed E-state index contributed by atoms with van der Waals surface area (Å²) in [5.41, 5.74) is 2.53. The molecular formula is C18H20INO3S. The van der Waals surface area contributed by atoms with Gasteiger partial charge in [0, 0.05) is 15.5 Å². The van der Waals surface area contributed by atoms with Gasteiger partial charge in [-0.05, 0) is 79.3 Å². The van der Waals surface area contributed by atoms with Crippen LogP contribution >= 0.6 is 22.6 Å². The Hall–Kier alpha value is -1.54.